The van der Waals surface area contributed by atoms with E-state index in [0.717, 1.165) is 28.0 Å². The summed E-state index contributed by atoms with van der Waals surface area (Å²) < 4.78 is 8.49. The second-order valence-electron chi connectivity index (χ2n) is 7.39. The highest BCUT2D eigenvalue weighted by atomic mass is 35.5. The van der Waals surface area contributed by atoms with Gasteiger partial charge in [0.15, 0.2) is 0 Å². The molecule has 0 aliphatic rings. The number of aliphatic hydroxyl groups excluding tert-OH is 1. The fourth-order valence-corrected chi connectivity index (χ4v) is 3.35. The summed E-state index contributed by atoms with van der Waals surface area (Å²) in [5.74, 6) is 1.49. The Balaban J connectivity index is 3.72. The van der Waals surface area contributed by atoms with E-state index in [4.69, 9.17) is 16.3 Å². The Morgan fingerprint density at radius 1 is 1.28 bits per heavy atom. The Hall–Kier alpha value is -2.23. The third-order valence-corrected chi connectivity index (χ3v) is 4.48. The van der Waals surface area contributed by atoms with Crippen LogP contribution in [-0.4, -0.2) is 9.67 Å². The van der Waals surface area contributed by atoms with Gasteiger partial charge >= 0.3 is 0 Å². The van der Waals surface area contributed by atoms with Gasteiger partial charge in [-0.2, -0.15) is 0 Å². The van der Waals surface area contributed by atoms with Crippen molar-refractivity contribution in [3.8, 4) is 5.88 Å². The van der Waals surface area contributed by atoms with Gasteiger partial charge in [-0.3, -0.25) is 0 Å². The Labute approximate surface area is 181 Å². The summed E-state index contributed by atoms with van der Waals surface area (Å²) in [6.45, 7) is 20.2. The number of hydrogen-bond acceptors (Lipinski definition) is 2. The molecule has 0 bridgehead atoms. The molecule has 1 N–H and O–H groups in total. The normalized spacial score (nSPS) is 13.5. The minimum Gasteiger partial charge on any atom is -0.440 e. The molecule has 0 aromatic carbocycles. The molecule has 0 atom stereocenters. The fraction of sp³-hybridized carbons (Fsp3) is 0.360. The highest BCUT2D eigenvalue weighted by molar-refractivity contribution is 6.29. The van der Waals surface area contributed by atoms with Gasteiger partial charge in [0.2, 0.25) is 5.88 Å². The number of hydrogen-bond donors (Lipinski definition) is 1. The Morgan fingerprint density at radius 2 is 1.93 bits per heavy atom. The molecule has 29 heavy (non-hydrogen) atoms. The highest BCUT2D eigenvalue weighted by Crippen LogP contribution is 2.37. The molecule has 0 spiro atoms. The quantitative estimate of drug-likeness (QED) is 0.327. The SMILES string of the molecule is C=C/C=C(\C=C/C)Cn1c(C)c(CO)c(C(C)C)c1OC(/C=C(\C)Cl)=C/C(=C)C. The molecule has 1 aromatic heterocycles. The van der Waals surface area contributed by atoms with E-state index in [0.29, 0.717) is 23.2 Å². The van der Waals surface area contributed by atoms with Crippen LogP contribution < -0.4 is 4.74 Å². The summed E-state index contributed by atoms with van der Waals surface area (Å²) in [5, 5.41) is 10.7. The first-order chi connectivity index (χ1) is 13.7. The second-order valence-corrected chi connectivity index (χ2v) is 7.98. The van der Waals surface area contributed by atoms with Crippen molar-refractivity contribution in [3.63, 3.8) is 0 Å². The molecule has 0 unspecified atom stereocenters. The van der Waals surface area contributed by atoms with Crippen molar-refractivity contribution in [3.05, 3.63) is 88.4 Å². The van der Waals surface area contributed by atoms with Crippen LogP contribution in [0.15, 0.2) is 71.6 Å². The minimum absolute atomic E-state index is 0.0449. The van der Waals surface area contributed by atoms with Gasteiger partial charge in [-0.05, 0) is 51.3 Å². The molecule has 0 saturated heterocycles. The smallest absolute Gasteiger partial charge is 0.204 e. The lowest BCUT2D eigenvalue weighted by molar-refractivity contribution is 0.279. The molecular weight excluding hydrogens is 382 g/mol. The summed E-state index contributed by atoms with van der Waals surface area (Å²) in [6.07, 6.45) is 11.4. The predicted molar refractivity (Wildman–Crippen MR) is 125 cm³/mol. The summed E-state index contributed by atoms with van der Waals surface area (Å²) in [5.41, 5.74) is 4.82. The number of nitrogens with zero attached hydrogens (tertiary/aromatic N) is 1. The van der Waals surface area contributed by atoms with Crippen LogP contribution in [0.5, 0.6) is 5.88 Å². The molecule has 0 saturated carbocycles. The molecule has 0 amide bonds. The molecule has 158 valence electrons. The van der Waals surface area contributed by atoms with Gasteiger partial charge in [0, 0.05) is 21.9 Å². The lowest BCUT2D eigenvalue weighted by atomic mass is 10.0. The summed E-state index contributed by atoms with van der Waals surface area (Å²) in [4.78, 5) is 0. The molecule has 0 aliphatic carbocycles. The van der Waals surface area contributed by atoms with Crippen LogP contribution in [0.3, 0.4) is 0 Å². The number of aromatic nitrogens is 1. The average Bonchev–Trinajstić information content (AvgIpc) is 2.86. The standard InChI is InChI=1S/C25H34ClNO2/c1-9-11-21(12-10-2)15-27-20(8)23(16-28)24(18(5)6)25(27)29-22(13-17(3)4)14-19(7)26/h9-14,18,28H,1,3,15-16H2,2,4-8H3/b12-10-,19-14+,21-11+,22-13+. The third-order valence-electron chi connectivity index (χ3n) is 4.38. The highest BCUT2D eigenvalue weighted by Gasteiger charge is 2.24. The molecular formula is C25H34ClNO2. The first kappa shape index (κ1) is 24.8. The van der Waals surface area contributed by atoms with E-state index in [9.17, 15) is 5.11 Å². The van der Waals surface area contributed by atoms with Gasteiger partial charge in [0.25, 0.3) is 0 Å². The zero-order chi connectivity index (χ0) is 22.1. The van der Waals surface area contributed by atoms with Gasteiger partial charge in [0.05, 0.1) is 13.2 Å². The summed E-state index contributed by atoms with van der Waals surface area (Å²) >= 11 is 6.13. The van der Waals surface area contributed by atoms with E-state index >= 15 is 0 Å². The maximum atomic E-state index is 10.1. The Morgan fingerprint density at radius 3 is 2.38 bits per heavy atom. The van der Waals surface area contributed by atoms with Gasteiger partial charge in [-0.15, -0.1) is 0 Å². The molecule has 3 nitrogen and oxygen atoms in total. The topological polar surface area (TPSA) is 34.4 Å². The van der Waals surface area contributed by atoms with Crippen LogP contribution in [0.1, 0.15) is 57.4 Å². The number of aliphatic hydroxyl groups is 1. The van der Waals surface area contributed by atoms with Gasteiger partial charge in [-0.1, -0.05) is 68.5 Å². The zero-order valence-corrected chi connectivity index (χ0v) is 19.3. The van der Waals surface area contributed by atoms with E-state index in [1.807, 2.05) is 45.1 Å². The van der Waals surface area contributed by atoms with Gasteiger partial charge in [0.1, 0.15) is 5.76 Å². The first-order valence-electron chi connectivity index (χ1n) is 9.82. The van der Waals surface area contributed by atoms with Crippen molar-refractivity contribution in [1.29, 1.82) is 0 Å². The Kier molecular flexibility index (Phi) is 10.0. The van der Waals surface area contributed by atoms with Crippen molar-refractivity contribution < 1.29 is 9.84 Å². The fourth-order valence-electron chi connectivity index (χ4n) is 3.24. The predicted octanol–water partition coefficient (Wildman–Crippen LogP) is 7.08. The minimum atomic E-state index is -0.0449. The van der Waals surface area contributed by atoms with E-state index < -0.39 is 0 Å². The number of allylic oxidation sites excluding steroid dienone is 9. The second kappa shape index (κ2) is 11.7. The van der Waals surface area contributed by atoms with Gasteiger partial charge < -0.3 is 14.4 Å². The third kappa shape index (κ3) is 6.95. The van der Waals surface area contributed by atoms with Gasteiger partial charge in [-0.25, -0.2) is 0 Å². The van der Waals surface area contributed by atoms with Crippen LogP contribution in [0.25, 0.3) is 0 Å². The van der Waals surface area contributed by atoms with Crippen LogP contribution in [-0.2, 0) is 13.2 Å². The molecule has 1 aromatic rings. The largest absolute Gasteiger partial charge is 0.440 e. The van der Waals surface area contributed by atoms with E-state index in [2.05, 4.69) is 31.6 Å². The molecule has 1 heterocycles. The zero-order valence-electron chi connectivity index (χ0n) is 18.6. The van der Waals surface area contributed by atoms with Crippen molar-refractivity contribution in [2.24, 2.45) is 0 Å². The maximum Gasteiger partial charge on any atom is 0.204 e. The Bertz CT molecular complexity index is 860. The van der Waals surface area contributed by atoms with Crippen LogP contribution in [0.4, 0.5) is 0 Å². The molecule has 4 heteroatoms. The number of rotatable bonds is 10. The van der Waals surface area contributed by atoms with Crippen LogP contribution in [0.2, 0.25) is 0 Å². The summed E-state index contributed by atoms with van der Waals surface area (Å²) in [6, 6.07) is 0. The van der Waals surface area contributed by atoms with Crippen molar-refractivity contribution in [2.45, 2.75) is 60.6 Å². The van der Waals surface area contributed by atoms with E-state index in [1.54, 1.807) is 19.1 Å². The van der Waals surface area contributed by atoms with E-state index in [-0.39, 0.29) is 12.5 Å². The van der Waals surface area contributed by atoms with Crippen LogP contribution >= 0.6 is 11.6 Å². The molecule has 0 aliphatic heterocycles. The lowest BCUT2D eigenvalue weighted by Crippen LogP contribution is -2.07. The lowest BCUT2D eigenvalue weighted by Gasteiger charge is -2.17. The van der Waals surface area contributed by atoms with Crippen molar-refractivity contribution in [2.75, 3.05) is 0 Å². The molecule has 0 fully saturated rings. The first-order valence-corrected chi connectivity index (χ1v) is 10.2. The van der Waals surface area contributed by atoms with Crippen molar-refractivity contribution in [1.82, 2.24) is 4.57 Å². The van der Waals surface area contributed by atoms with E-state index in [1.165, 1.54) is 0 Å². The average molecular weight is 416 g/mol. The maximum absolute atomic E-state index is 10.1. The number of ether oxygens (including phenoxy) is 1. The molecule has 1 rings (SSSR count). The van der Waals surface area contributed by atoms with Crippen LogP contribution in [0, 0.1) is 6.92 Å². The van der Waals surface area contributed by atoms with Crippen molar-refractivity contribution >= 4 is 11.6 Å². The molecule has 0 radical (unpaired) electrons. The summed E-state index contributed by atoms with van der Waals surface area (Å²) in [7, 11) is 0. The number of halogens is 1. The monoisotopic (exact) mass is 415 g/mol.